The zero-order valence-corrected chi connectivity index (χ0v) is 21.4. The van der Waals surface area contributed by atoms with Gasteiger partial charge in [-0.2, -0.15) is 0 Å². The second kappa shape index (κ2) is 11.8. The van der Waals surface area contributed by atoms with Crippen molar-refractivity contribution in [2.75, 3.05) is 6.61 Å². The molecule has 0 aromatic heterocycles. The Bertz CT molecular complexity index is 1180. The summed E-state index contributed by atoms with van der Waals surface area (Å²) in [5, 5.41) is 11.6. The van der Waals surface area contributed by atoms with Crippen molar-refractivity contribution in [3.8, 4) is 17.2 Å². The van der Waals surface area contributed by atoms with Crippen LogP contribution < -0.4 is 44.1 Å². The largest absolute Gasteiger partial charge is 1.00 e. The number of carbonyl (C=O) groups excluding carboxylic acids is 2. The van der Waals surface area contributed by atoms with Gasteiger partial charge in [0, 0.05) is 35.5 Å². The van der Waals surface area contributed by atoms with Crippen molar-refractivity contribution < 1.29 is 58.1 Å². The van der Waals surface area contributed by atoms with E-state index in [1.54, 1.807) is 36.4 Å². The zero-order valence-electron chi connectivity index (χ0n) is 18.7. The molecule has 0 saturated heterocycles. The number of fused-ring (bicyclic) bond motifs is 1. The second-order valence-electron chi connectivity index (χ2n) is 7.86. The number of hydrogen-bond donors (Lipinski definition) is 0. The average Bonchev–Trinajstić information content (AvgIpc) is 2.79. The number of carbonyl (C=O) groups is 2. The van der Waals surface area contributed by atoms with Crippen LogP contribution in [-0.2, 0) is 11.2 Å². The Kier molecular flexibility index (Phi) is 9.14. The van der Waals surface area contributed by atoms with E-state index in [-0.39, 0.29) is 52.8 Å². The van der Waals surface area contributed by atoms with Crippen molar-refractivity contribution >= 4 is 23.4 Å². The van der Waals surface area contributed by atoms with Crippen molar-refractivity contribution in [2.45, 2.75) is 31.6 Å². The van der Waals surface area contributed by atoms with Crippen LogP contribution in [0.4, 0.5) is 4.39 Å². The number of carboxylic acids is 1. The summed E-state index contributed by atoms with van der Waals surface area (Å²) < 4.78 is 24.7. The number of Topliss-reactive ketones (excluding diaryl/α,β-unsaturated/α-hetero) is 1. The van der Waals surface area contributed by atoms with Gasteiger partial charge in [-0.05, 0) is 67.3 Å². The molecule has 170 valence electrons. The minimum absolute atomic E-state index is 0. The summed E-state index contributed by atoms with van der Waals surface area (Å²) in [5.74, 6) is -1.03. The number of carboxylic acid groups (broad SMARTS) is 1. The summed E-state index contributed by atoms with van der Waals surface area (Å²) >= 11 is 6.31. The van der Waals surface area contributed by atoms with E-state index < -0.39 is 11.9 Å². The predicted octanol–water partition coefficient (Wildman–Crippen LogP) is 2.10. The summed E-state index contributed by atoms with van der Waals surface area (Å²) in [5.41, 5.74) is 1.89. The molecule has 0 aliphatic carbocycles. The third-order valence-electron chi connectivity index (χ3n) is 5.55. The number of halogens is 2. The van der Waals surface area contributed by atoms with Crippen LogP contribution in [0.5, 0.6) is 17.2 Å². The van der Waals surface area contributed by atoms with E-state index in [2.05, 4.69) is 0 Å². The molecule has 4 rings (SSSR count). The molecule has 1 aliphatic rings. The first-order valence-electron chi connectivity index (χ1n) is 10.6. The van der Waals surface area contributed by atoms with Gasteiger partial charge in [0.1, 0.15) is 23.1 Å². The van der Waals surface area contributed by atoms with Crippen LogP contribution in [0, 0.1) is 5.82 Å². The molecule has 0 amide bonds. The molecular weight excluding hydrogens is 470 g/mol. The van der Waals surface area contributed by atoms with Crippen molar-refractivity contribution in [2.24, 2.45) is 0 Å². The van der Waals surface area contributed by atoms with Gasteiger partial charge in [0.15, 0.2) is 5.78 Å². The van der Waals surface area contributed by atoms with Crippen molar-refractivity contribution in [1.29, 1.82) is 0 Å². The van der Waals surface area contributed by atoms with Gasteiger partial charge in [0.05, 0.1) is 11.6 Å². The maximum absolute atomic E-state index is 13.2. The average molecular weight is 491 g/mol. The summed E-state index contributed by atoms with van der Waals surface area (Å²) in [6.45, 7) is 0.267. The molecule has 1 unspecified atom stereocenters. The van der Waals surface area contributed by atoms with Gasteiger partial charge in [0.2, 0.25) is 0 Å². The van der Waals surface area contributed by atoms with Gasteiger partial charge in [-0.25, -0.2) is 4.39 Å². The third kappa shape index (κ3) is 6.39. The fraction of sp³-hybridized carbons (Fsp3) is 0.231. The smallest absolute Gasteiger partial charge is 0.549 e. The van der Waals surface area contributed by atoms with Crippen LogP contribution in [0.1, 0.15) is 46.7 Å². The summed E-state index contributed by atoms with van der Waals surface area (Å²) in [4.78, 5) is 23.8. The molecule has 3 aromatic carbocycles. The molecule has 0 N–H and O–H groups in total. The standard InChI is InChI=1S/C26H22ClFO5.Na/c27-22-14-21-20(26(30)31)11-12-32-24(21)15-25(22)33-19-9-7-17(8-10-19)23(29)6-2-4-16-3-1-5-18(28)13-16;/h1,3,5,7-10,13-15,20H,2,4,6,11-12H2,(H,30,31);/q;+1/p-1. The van der Waals surface area contributed by atoms with E-state index in [4.69, 9.17) is 21.1 Å². The van der Waals surface area contributed by atoms with Gasteiger partial charge in [-0.3, -0.25) is 4.79 Å². The van der Waals surface area contributed by atoms with Gasteiger partial charge < -0.3 is 19.4 Å². The number of aliphatic carboxylic acids is 1. The molecule has 5 nitrogen and oxygen atoms in total. The number of hydrogen-bond acceptors (Lipinski definition) is 5. The molecule has 0 spiro atoms. The Morgan fingerprint density at radius 2 is 1.88 bits per heavy atom. The number of ether oxygens (including phenoxy) is 2. The fourth-order valence-electron chi connectivity index (χ4n) is 3.84. The maximum atomic E-state index is 13.2. The van der Waals surface area contributed by atoms with Crippen molar-refractivity contribution in [3.05, 3.63) is 88.2 Å². The monoisotopic (exact) mass is 490 g/mol. The topological polar surface area (TPSA) is 75.7 Å². The van der Waals surface area contributed by atoms with Crippen LogP contribution in [0.15, 0.2) is 60.7 Å². The van der Waals surface area contributed by atoms with Gasteiger partial charge in [0.25, 0.3) is 0 Å². The van der Waals surface area contributed by atoms with Crippen molar-refractivity contribution in [1.82, 2.24) is 0 Å². The normalized spacial score (nSPS) is 14.4. The van der Waals surface area contributed by atoms with E-state index >= 15 is 0 Å². The molecule has 1 heterocycles. The fourth-order valence-corrected chi connectivity index (χ4v) is 4.05. The molecule has 3 aromatic rings. The zero-order chi connectivity index (χ0) is 23.4. The van der Waals surface area contributed by atoms with E-state index in [1.165, 1.54) is 18.2 Å². The molecule has 0 bridgehead atoms. The molecule has 34 heavy (non-hydrogen) atoms. The molecule has 8 heteroatoms. The van der Waals surface area contributed by atoms with Crippen LogP contribution >= 0.6 is 11.6 Å². The van der Waals surface area contributed by atoms with E-state index in [9.17, 15) is 19.1 Å². The Labute approximate surface area is 224 Å². The maximum Gasteiger partial charge on any atom is 1.00 e. The summed E-state index contributed by atoms with van der Waals surface area (Å²) in [6, 6.07) is 16.2. The van der Waals surface area contributed by atoms with Crippen LogP contribution in [0.3, 0.4) is 0 Å². The SMILES string of the molecule is O=C(CCCc1cccc(F)c1)c1ccc(Oc2cc3c(cc2Cl)C(C(=O)[O-])CCO3)cc1.[Na+]. The Balaban J connectivity index is 0.00000324. The Hall–Kier alpha value is -2.38. The first kappa shape index (κ1) is 26.2. The van der Waals surface area contributed by atoms with Crippen LogP contribution in [0.2, 0.25) is 5.02 Å². The molecule has 0 radical (unpaired) electrons. The number of rotatable bonds is 8. The van der Waals surface area contributed by atoms with E-state index in [0.29, 0.717) is 54.1 Å². The van der Waals surface area contributed by atoms with E-state index in [0.717, 1.165) is 5.56 Å². The van der Waals surface area contributed by atoms with E-state index in [1.807, 2.05) is 6.07 Å². The summed E-state index contributed by atoms with van der Waals surface area (Å²) in [6.07, 6.45) is 1.93. The Morgan fingerprint density at radius 3 is 2.59 bits per heavy atom. The first-order valence-corrected chi connectivity index (χ1v) is 11.0. The number of aryl methyl sites for hydroxylation is 1. The second-order valence-corrected chi connectivity index (χ2v) is 8.27. The first-order chi connectivity index (χ1) is 15.9. The molecule has 0 saturated carbocycles. The molecule has 1 aliphatic heterocycles. The van der Waals surface area contributed by atoms with Gasteiger partial charge >= 0.3 is 29.6 Å². The van der Waals surface area contributed by atoms with Gasteiger partial charge in [-0.1, -0.05) is 23.7 Å². The number of ketones is 1. The molecular formula is C26H21ClFNaO5. The van der Waals surface area contributed by atoms with Crippen molar-refractivity contribution in [3.63, 3.8) is 0 Å². The van der Waals surface area contributed by atoms with Crippen LogP contribution in [-0.4, -0.2) is 18.4 Å². The quantitative estimate of drug-likeness (QED) is 0.357. The van der Waals surface area contributed by atoms with Gasteiger partial charge in [-0.15, -0.1) is 0 Å². The molecule has 0 fully saturated rings. The number of benzene rings is 3. The molecule has 1 atom stereocenters. The Morgan fingerprint density at radius 1 is 1.12 bits per heavy atom. The summed E-state index contributed by atoms with van der Waals surface area (Å²) in [7, 11) is 0. The minimum atomic E-state index is -1.17. The third-order valence-corrected chi connectivity index (χ3v) is 5.85. The van der Waals surface area contributed by atoms with Crippen LogP contribution in [0.25, 0.3) is 0 Å². The minimum Gasteiger partial charge on any atom is -0.549 e. The predicted molar refractivity (Wildman–Crippen MR) is 119 cm³/mol.